The van der Waals surface area contributed by atoms with E-state index in [0.29, 0.717) is 29.2 Å². The Kier molecular flexibility index (Phi) is 6.57. The van der Waals surface area contributed by atoms with E-state index in [1.54, 1.807) is 11.0 Å². The zero-order chi connectivity index (χ0) is 23.5. The molecule has 3 aromatic rings. The summed E-state index contributed by atoms with van der Waals surface area (Å²) in [5.74, 6) is -0.411. The number of thiazole rings is 1. The Morgan fingerprint density at radius 1 is 1.09 bits per heavy atom. The first-order chi connectivity index (χ1) is 15.9. The van der Waals surface area contributed by atoms with Crippen LogP contribution in [0.1, 0.15) is 43.7 Å². The summed E-state index contributed by atoms with van der Waals surface area (Å²) in [6.07, 6.45) is 3.55. The van der Waals surface area contributed by atoms with Crippen LogP contribution in [0.4, 0.5) is 4.39 Å². The van der Waals surface area contributed by atoms with E-state index in [9.17, 15) is 19.2 Å². The normalized spacial score (nSPS) is 15.1. The lowest BCUT2D eigenvalue weighted by atomic mass is 10.0. The molecule has 0 unspecified atom stereocenters. The van der Waals surface area contributed by atoms with Gasteiger partial charge in [0.2, 0.25) is 0 Å². The van der Waals surface area contributed by atoms with Crippen molar-refractivity contribution in [2.45, 2.75) is 32.6 Å². The lowest BCUT2D eigenvalue weighted by Crippen LogP contribution is -2.35. The van der Waals surface area contributed by atoms with Gasteiger partial charge in [-0.25, -0.2) is 4.39 Å². The molecule has 1 saturated heterocycles. The summed E-state index contributed by atoms with van der Waals surface area (Å²) in [5, 5.41) is 9.88. The van der Waals surface area contributed by atoms with Gasteiger partial charge in [-0.05, 0) is 60.2 Å². The highest BCUT2D eigenvalue weighted by Crippen LogP contribution is 2.15. The van der Waals surface area contributed by atoms with Crippen LogP contribution in [0.25, 0.3) is 17.3 Å². The Labute approximate surface area is 195 Å². The number of likely N-dealkylation sites (tertiary alicyclic amines) is 1. The minimum Gasteiger partial charge on any atom is -0.338 e. The lowest BCUT2D eigenvalue weighted by molar-refractivity contribution is -0.123. The van der Waals surface area contributed by atoms with E-state index in [0.717, 1.165) is 29.7 Å². The Hall–Kier alpha value is -3.50. The van der Waals surface area contributed by atoms with Gasteiger partial charge in [0.25, 0.3) is 11.5 Å². The molecule has 0 saturated carbocycles. The highest BCUT2D eigenvalue weighted by molar-refractivity contribution is 7.07. The molecule has 0 atom stereocenters. The molecule has 2 heterocycles. The molecule has 0 N–H and O–H groups in total. The van der Waals surface area contributed by atoms with Crippen LogP contribution in [0.15, 0.2) is 53.3 Å². The van der Waals surface area contributed by atoms with Crippen LogP contribution in [0, 0.1) is 17.1 Å². The number of hydrogen-bond donors (Lipinski definition) is 0. The molecule has 0 radical (unpaired) electrons. The second kappa shape index (κ2) is 9.55. The Bertz CT molecular complexity index is 1390. The van der Waals surface area contributed by atoms with Crippen molar-refractivity contribution in [1.82, 2.24) is 9.47 Å². The van der Waals surface area contributed by atoms with Crippen LogP contribution >= 0.6 is 11.3 Å². The van der Waals surface area contributed by atoms with Gasteiger partial charge in [0.1, 0.15) is 16.5 Å². The average molecular weight is 462 g/mol. The number of hydrogen-bond acceptors (Lipinski definition) is 4. The summed E-state index contributed by atoms with van der Waals surface area (Å²) in [4.78, 5) is 28.1. The number of carbonyl (C=O) groups is 1. The van der Waals surface area contributed by atoms with Crippen molar-refractivity contribution in [3.05, 3.63) is 85.0 Å². The van der Waals surface area contributed by atoms with E-state index in [4.69, 9.17) is 0 Å². The molecule has 4 rings (SSSR count). The first-order valence-corrected chi connectivity index (χ1v) is 11.7. The van der Waals surface area contributed by atoms with Crippen molar-refractivity contribution in [1.29, 1.82) is 5.26 Å². The summed E-state index contributed by atoms with van der Waals surface area (Å²) < 4.78 is 15.5. The fourth-order valence-corrected chi connectivity index (χ4v) is 4.97. The molecule has 1 amide bonds. The van der Waals surface area contributed by atoms with Crippen LogP contribution < -0.4 is 14.8 Å². The maximum atomic E-state index is 13.5. The van der Waals surface area contributed by atoms with Crippen LogP contribution in [0.3, 0.4) is 0 Å². The maximum absolute atomic E-state index is 13.5. The highest BCUT2D eigenvalue weighted by Gasteiger charge is 2.24. The van der Waals surface area contributed by atoms with Gasteiger partial charge in [-0.3, -0.25) is 14.2 Å². The van der Waals surface area contributed by atoms with Gasteiger partial charge in [-0.1, -0.05) is 38.1 Å². The molecule has 1 fully saturated rings. The second-order valence-electron chi connectivity index (χ2n) is 8.34. The molecule has 2 aromatic carbocycles. The van der Waals surface area contributed by atoms with Gasteiger partial charge in [0, 0.05) is 13.1 Å². The van der Waals surface area contributed by atoms with Crippen molar-refractivity contribution in [3.8, 4) is 11.8 Å². The fraction of sp³-hybridized carbons (Fsp3) is 0.269. The van der Waals surface area contributed by atoms with E-state index in [-0.39, 0.29) is 21.7 Å². The Morgan fingerprint density at radius 3 is 2.30 bits per heavy atom. The quantitative estimate of drug-likeness (QED) is 0.599. The average Bonchev–Trinajstić information content (AvgIpc) is 3.45. The van der Waals surface area contributed by atoms with Gasteiger partial charge in [0.05, 0.1) is 10.2 Å². The number of carbonyl (C=O) groups excluding carboxylic acids is 1. The molecule has 33 heavy (non-hydrogen) atoms. The fourth-order valence-electron chi connectivity index (χ4n) is 3.87. The van der Waals surface area contributed by atoms with Crippen LogP contribution in [0.5, 0.6) is 0 Å². The van der Waals surface area contributed by atoms with Crippen LogP contribution in [0.2, 0.25) is 0 Å². The molecule has 1 aliphatic rings. The van der Waals surface area contributed by atoms with Crippen LogP contribution in [-0.4, -0.2) is 28.5 Å². The Morgan fingerprint density at radius 2 is 1.73 bits per heavy atom. The van der Waals surface area contributed by atoms with Crippen LogP contribution in [-0.2, 0) is 4.79 Å². The summed E-state index contributed by atoms with van der Waals surface area (Å²) >= 11 is 1.10. The third kappa shape index (κ3) is 4.67. The molecule has 0 spiro atoms. The van der Waals surface area contributed by atoms with E-state index < -0.39 is 5.82 Å². The minimum atomic E-state index is -0.432. The third-order valence-electron chi connectivity index (χ3n) is 5.74. The number of aromatic nitrogens is 1. The largest absolute Gasteiger partial charge is 0.338 e. The first-order valence-electron chi connectivity index (χ1n) is 10.9. The molecular formula is C26H24FN3O2S. The van der Waals surface area contributed by atoms with Crippen molar-refractivity contribution in [2.75, 3.05) is 13.1 Å². The summed E-state index contributed by atoms with van der Waals surface area (Å²) in [6.45, 7) is 5.42. The number of nitriles is 1. The maximum Gasteiger partial charge on any atom is 0.273 e. The standard InChI is InChI=1S/C26H24FN3O2S/c1-17(2)19-7-5-18(6-8-19)15-23-25(32)30(21-11-9-20(27)10-12-21)26(33-23)22(16-28)24(31)29-13-3-4-14-29/h5-12,15,17H,3-4,13-14H2,1-2H3/b23-15-,26-22-. The third-order valence-corrected chi connectivity index (χ3v) is 6.83. The number of nitrogens with zero attached hydrogens (tertiary/aromatic N) is 3. The predicted octanol–water partition coefficient (Wildman–Crippen LogP) is 3.29. The van der Waals surface area contributed by atoms with Gasteiger partial charge >= 0.3 is 0 Å². The topological polar surface area (TPSA) is 66.1 Å². The molecule has 1 aliphatic heterocycles. The zero-order valence-electron chi connectivity index (χ0n) is 18.5. The molecular weight excluding hydrogens is 437 g/mol. The van der Waals surface area contributed by atoms with Crippen molar-refractivity contribution in [3.63, 3.8) is 0 Å². The summed E-state index contributed by atoms with van der Waals surface area (Å²) in [6, 6.07) is 15.4. The molecule has 1 aromatic heterocycles. The van der Waals surface area contributed by atoms with E-state index in [1.807, 2.05) is 30.3 Å². The SMILES string of the molecule is CC(C)c1ccc(/C=c2\s/c(=C(/C#N)C(=O)N3CCCC3)n(-c3ccc(F)cc3)c2=O)cc1. The smallest absolute Gasteiger partial charge is 0.273 e. The van der Waals surface area contributed by atoms with Gasteiger partial charge in [0.15, 0.2) is 5.57 Å². The first kappa shape index (κ1) is 22.7. The summed E-state index contributed by atoms with van der Waals surface area (Å²) in [7, 11) is 0. The second-order valence-corrected chi connectivity index (χ2v) is 9.37. The zero-order valence-corrected chi connectivity index (χ0v) is 19.4. The van der Waals surface area contributed by atoms with E-state index in [1.165, 1.54) is 34.4 Å². The number of benzene rings is 2. The molecule has 7 heteroatoms. The molecule has 0 aliphatic carbocycles. The van der Waals surface area contributed by atoms with E-state index >= 15 is 0 Å². The lowest BCUT2D eigenvalue weighted by Gasteiger charge is -2.14. The van der Waals surface area contributed by atoms with Gasteiger partial charge < -0.3 is 4.90 Å². The molecule has 5 nitrogen and oxygen atoms in total. The molecule has 168 valence electrons. The van der Waals surface area contributed by atoms with Crippen molar-refractivity contribution < 1.29 is 9.18 Å². The monoisotopic (exact) mass is 461 g/mol. The predicted molar refractivity (Wildman–Crippen MR) is 128 cm³/mol. The number of halogens is 1. The molecule has 0 bridgehead atoms. The van der Waals surface area contributed by atoms with Gasteiger partial charge in [-0.2, -0.15) is 5.26 Å². The Balaban J connectivity index is 1.95. The number of amides is 1. The van der Waals surface area contributed by atoms with E-state index in [2.05, 4.69) is 13.8 Å². The summed E-state index contributed by atoms with van der Waals surface area (Å²) in [5.41, 5.74) is 2.03. The highest BCUT2D eigenvalue weighted by atomic mass is 32.1. The number of rotatable bonds is 4. The van der Waals surface area contributed by atoms with Gasteiger partial charge in [-0.15, -0.1) is 11.3 Å². The van der Waals surface area contributed by atoms with Crippen molar-refractivity contribution in [2.24, 2.45) is 0 Å². The van der Waals surface area contributed by atoms with Crippen molar-refractivity contribution >= 4 is 28.9 Å². The minimum absolute atomic E-state index is 0.0712.